The van der Waals surface area contributed by atoms with Gasteiger partial charge in [-0.2, -0.15) is 0 Å². The Morgan fingerprint density at radius 2 is 1.67 bits per heavy atom. The van der Waals surface area contributed by atoms with Crippen LogP contribution in [-0.2, 0) is 19.1 Å². The van der Waals surface area contributed by atoms with Gasteiger partial charge in [0, 0.05) is 17.9 Å². The number of hydrogen-bond acceptors (Lipinski definition) is 6. The largest absolute Gasteiger partial charge is 0.482 e. The summed E-state index contributed by atoms with van der Waals surface area (Å²) in [5.74, 6) is -1.35. The Morgan fingerprint density at radius 1 is 1.00 bits per heavy atom. The molecule has 2 rings (SSSR count). The van der Waals surface area contributed by atoms with E-state index in [9.17, 15) is 19.2 Å². The average molecular weight is 375 g/mol. The van der Waals surface area contributed by atoms with Crippen LogP contribution >= 0.6 is 0 Å². The molecule has 1 aromatic carbocycles. The van der Waals surface area contributed by atoms with Crippen molar-refractivity contribution in [3.05, 3.63) is 29.8 Å². The summed E-state index contributed by atoms with van der Waals surface area (Å²) in [4.78, 5) is 46.9. The summed E-state index contributed by atoms with van der Waals surface area (Å²) in [6.07, 6.45) is 5.09. The lowest BCUT2D eigenvalue weighted by molar-refractivity contribution is -0.151. The molecular weight excluding hydrogens is 350 g/mol. The maximum absolute atomic E-state index is 11.9. The van der Waals surface area contributed by atoms with E-state index in [1.165, 1.54) is 0 Å². The van der Waals surface area contributed by atoms with Crippen LogP contribution in [0.3, 0.4) is 0 Å². The van der Waals surface area contributed by atoms with Crippen molar-refractivity contribution in [2.45, 2.75) is 45.4 Å². The van der Waals surface area contributed by atoms with Crippen LogP contribution in [0, 0.1) is 5.92 Å². The molecular formula is C20H25NO6. The number of hydrogen-bond donors (Lipinski definition) is 1. The lowest BCUT2D eigenvalue weighted by Gasteiger charge is -2.20. The number of benzene rings is 1. The molecule has 2 amide bonds. The van der Waals surface area contributed by atoms with Gasteiger partial charge in [0.2, 0.25) is 5.91 Å². The van der Waals surface area contributed by atoms with Crippen molar-refractivity contribution < 1.29 is 28.7 Å². The Bertz CT molecular complexity index is 676. The normalized spacial score (nSPS) is 14.3. The maximum Gasteiger partial charge on any atom is 0.344 e. The molecule has 0 spiro atoms. The van der Waals surface area contributed by atoms with Crippen molar-refractivity contribution in [1.29, 1.82) is 0 Å². The van der Waals surface area contributed by atoms with E-state index in [2.05, 4.69) is 5.32 Å². The van der Waals surface area contributed by atoms with Crippen molar-refractivity contribution in [3.8, 4) is 5.75 Å². The van der Waals surface area contributed by atoms with Gasteiger partial charge in [-0.25, -0.2) is 4.79 Å². The van der Waals surface area contributed by atoms with Crippen LogP contribution in [-0.4, -0.2) is 36.8 Å². The Balaban J connectivity index is 1.67. The minimum Gasteiger partial charge on any atom is -0.482 e. The van der Waals surface area contributed by atoms with Crippen molar-refractivity contribution in [1.82, 2.24) is 5.32 Å². The molecule has 27 heavy (non-hydrogen) atoms. The number of Topliss-reactive ketones (excluding diaryl/α,β-unsaturated/α-hetero) is 1. The van der Waals surface area contributed by atoms with Crippen molar-refractivity contribution in [2.75, 3.05) is 13.2 Å². The smallest absolute Gasteiger partial charge is 0.344 e. The number of carbonyl (C=O) groups excluding carboxylic acids is 4. The van der Waals surface area contributed by atoms with E-state index in [1.807, 2.05) is 0 Å². The Labute approximate surface area is 158 Å². The van der Waals surface area contributed by atoms with Gasteiger partial charge in [0.25, 0.3) is 5.91 Å². The van der Waals surface area contributed by atoms with Gasteiger partial charge in [0.15, 0.2) is 19.0 Å². The zero-order valence-electron chi connectivity index (χ0n) is 15.5. The van der Waals surface area contributed by atoms with Crippen LogP contribution in [0.25, 0.3) is 0 Å². The monoisotopic (exact) mass is 375 g/mol. The van der Waals surface area contributed by atoms with E-state index in [0.717, 1.165) is 32.1 Å². The zero-order chi connectivity index (χ0) is 19.6. The van der Waals surface area contributed by atoms with Gasteiger partial charge in [-0.1, -0.05) is 26.2 Å². The van der Waals surface area contributed by atoms with Crippen LogP contribution in [0.2, 0.25) is 0 Å². The van der Waals surface area contributed by atoms with Crippen molar-refractivity contribution in [3.63, 3.8) is 0 Å². The average Bonchev–Trinajstić information content (AvgIpc) is 2.71. The predicted octanol–water partition coefficient (Wildman–Crippen LogP) is 2.42. The molecule has 0 radical (unpaired) electrons. The number of carbonyl (C=O) groups is 4. The summed E-state index contributed by atoms with van der Waals surface area (Å²) in [6.45, 7) is 0.886. The second-order valence-corrected chi connectivity index (χ2v) is 6.50. The first-order valence-corrected chi connectivity index (χ1v) is 9.25. The van der Waals surface area contributed by atoms with Crippen LogP contribution < -0.4 is 10.1 Å². The molecule has 0 aliphatic heterocycles. The molecule has 0 heterocycles. The Morgan fingerprint density at radius 3 is 2.30 bits per heavy atom. The SMILES string of the molecule is CCC(=O)c1ccc(OCC(=O)OCC(=O)NC(=O)C2CCCCC2)cc1. The van der Waals surface area contributed by atoms with Crippen molar-refractivity contribution >= 4 is 23.6 Å². The number of imide groups is 1. The fourth-order valence-corrected chi connectivity index (χ4v) is 2.91. The molecule has 146 valence electrons. The summed E-state index contributed by atoms with van der Waals surface area (Å²) in [5, 5.41) is 2.27. The molecule has 0 unspecified atom stereocenters. The number of rotatable bonds is 8. The van der Waals surface area contributed by atoms with Gasteiger partial charge >= 0.3 is 5.97 Å². The molecule has 1 saturated carbocycles. The van der Waals surface area contributed by atoms with E-state index in [0.29, 0.717) is 17.7 Å². The molecule has 1 N–H and O–H groups in total. The van der Waals surface area contributed by atoms with E-state index < -0.39 is 18.5 Å². The fraction of sp³-hybridized carbons (Fsp3) is 0.500. The van der Waals surface area contributed by atoms with Gasteiger partial charge < -0.3 is 9.47 Å². The Kier molecular flexibility index (Phi) is 7.98. The molecule has 0 atom stereocenters. The van der Waals surface area contributed by atoms with Crippen LogP contribution in [0.5, 0.6) is 5.75 Å². The fourth-order valence-electron chi connectivity index (χ4n) is 2.91. The number of ether oxygens (including phenoxy) is 2. The summed E-state index contributed by atoms with van der Waals surface area (Å²) >= 11 is 0. The molecule has 7 nitrogen and oxygen atoms in total. The third-order valence-corrected chi connectivity index (χ3v) is 4.46. The molecule has 1 fully saturated rings. The van der Waals surface area contributed by atoms with Crippen LogP contribution in [0.1, 0.15) is 55.8 Å². The molecule has 0 aromatic heterocycles. The van der Waals surface area contributed by atoms with E-state index in [1.54, 1.807) is 31.2 Å². The molecule has 7 heteroatoms. The second kappa shape index (κ2) is 10.4. The van der Waals surface area contributed by atoms with Gasteiger partial charge in [0.05, 0.1) is 0 Å². The predicted molar refractivity (Wildman–Crippen MR) is 97.2 cm³/mol. The maximum atomic E-state index is 11.9. The molecule has 0 bridgehead atoms. The molecule has 0 saturated heterocycles. The number of nitrogens with one attached hydrogen (secondary N) is 1. The highest BCUT2D eigenvalue weighted by atomic mass is 16.6. The van der Waals surface area contributed by atoms with Gasteiger partial charge in [0.1, 0.15) is 5.75 Å². The van der Waals surface area contributed by atoms with E-state index in [-0.39, 0.29) is 24.2 Å². The van der Waals surface area contributed by atoms with Crippen molar-refractivity contribution in [2.24, 2.45) is 5.92 Å². The third-order valence-electron chi connectivity index (χ3n) is 4.46. The quantitative estimate of drug-likeness (QED) is 0.553. The van der Waals surface area contributed by atoms with Gasteiger partial charge in [-0.15, -0.1) is 0 Å². The minimum atomic E-state index is -0.719. The summed E-state index contributed by atoms with van der Waals surface area (Å²) in [7, 11) is 0. The first-order valence-electron chi connectivity index (χ1n) is 9.25. The lowest BCUT2D eigenvalue weighted by atomic mass is 9.89. The second-order valence-electron chi connectivity index (χ2n) is 6.50. The standard InChI is InChI=1S/C20H25NO6/c1-2-17(22)14-8-10-16(11-9-14)26-13-19(24)27-12-18(23)21-20(25)15-6-4-3-5-7-15/h8-11,15H,2-7,12-13H2,1H3,(H,21,23,25). The highest BCUT2D eigenvalue weighted by molar-refractivity contribution is 5.97. The topological polar surface area (TPSA) is 98.8 Å². The van der Waals surface area contributed by atoms with Gasteiger partial charge in [-0.05, 0) is 37.1 Å². The van der Waals surface area contributed by atoms with Gasteiger partial charge in [-0.3, -0.25) is 19.7 Å². The molecule has 1 aliphatic carbocycles. The molecule has 1 aromatic rings. The number of amides is 2. The van der Waals surface area contributed by atoms with E-state index in [4.69, 9.17) is 9.47 Å². The van der Waals surface area contributed by atoms with Crippen LogP contribution in [0.4, 0.5) is 0 Å². The lowest BCUT2D eigenvalue weighted by Crippen LogP contribution is -2.39. The first kappa shape index (κ1) is 20.6. The van der Waals surface area contributed by atoms with Crippen LogP contribution in [0.15, 0.2) is 24.3 Å². The minimum absolute atomic E-state index is 0.0229. The Hall–Kier alpha value is -2.70. The first-order chi connectivity index (χ1) is 13.0. The third kappa shape index (κ3) is 6.84. The number of esters is 1. The molecule has 1 aliphatic rings. The highest BCUT2D eigenvalue weighted by Crippen LogP contribution is 2.23. The summed E-state index contributed by atoms with van der Waals surface area (Å²) < 4.78 is 10.1. The number of ketones is 1. The highest BCUT2D eigenvalue weighted by Gasteiger charge is 2.23. The summed E-state index contributed by atoms with van der Waals surface area (Å²) in [6, 6.07) is 6.42. The zero-order valence-corrected chi connectivity index (χ0v) is 15.5. The van der Waals surface area contributed by atoms with E-state index >= 15 is 0 Å². The summed E-state index contributed by atoms with van der Waals surface area (Å²) in [5.41, 5.74) is 0.576.